The van der Waals surface area contributed by atoms with Gasteiger partial charge in [0.1, 0.15) is 11.5 Å². The van der Waals surface area contributed by atoms with Crippen molar-refractivity contribution < 1.29 is 14.0 Å². The molecule has 1 saturated heterocycles. The topological polar surface area (TPSA) is 71.4 Å². The van der Waals surface area contributed by atoms with E-state index in [2.05, 4.69) is 5.32 Å². The summed E-state index contributed by atoms with van der Waals surface area (Å²) in [4.78, 5) is 39.3. The number of hydrogen-bond acceptors (Lipinski definition) is 3. The fraction of sp³-hybridized carbons (Fsp3) is 0.242. The third-order valence-corrected chi connectivity index (χ3v) is 7.57. The first-order valence-corrected chi connectivity index (χ1v) is 13.5. The molecule has 0 unspecified atom stereocenters. The Morgan fingerprint density at radius 2 is 1.57 bits per heavy atom. The maximum absolute atomic E-state index is 13.3. The molecule has 3 aromatic carbocycles. The van der Waals surface area contributed by atoms with E-state index < -0.39 is 0 Å². The summed E-state index contributed by atoms with van der Waals surface area (Å²) in [6.45, 7) is 1.25. The fourth-order valence-corrected chi connectivity index (χ4v) is 5.28. The SMILES string of the molecule is Cn1ccc(=O)cc1C(=O)N1CCC(c2ccc(NC(=O)Cc3ccccc3Cc3ccc(F)cc3)cc2)CC1. The number of anilines is 1. The minimum absolute atomic E-state index is 0.0959. The normalized spacial score (nSPS) is 13.7. The van der Waals surface area contributed by atoms with Gasteiger partial charge in [0.15, 0.2) is 5.43 Å². The zero-order valence-corrected chi connectivity index (χ0v) is 22.5. The number of pyridine rings is 1. The number of nitrogens with zero attached hydrogens (tertiary/aromatic N) is 2. The molecule has 2 amide bonds. The Balaban J connectivity index is 1.15. The van der Waals surface area contributed by atoms with Gasteiger partial charge >= 0.3 is 0 Å². The van der Waals surface area contributed by atoms with Crippen LogP contribution in [0.5, 0.6) is 0 Å². The molecule has 204 valence electrons. The summed E-state index contributed by atoms with van der Waals surface area (Å²) >= 11 is 0. The fourth-order valence-electron chi connectivity index (χ4n) is 5.28. The van der Waals surface area contributed by atoms with Gasteiger partial charge in [-0.15, -0.1) is 0 Å². The summed E-state index contributed by atoms with van der Waals surface area (Å²) < 4.78 is 15.0. The van der Waals surface area contributed by atoms with Crippen molar-refractivity contribution in [2.45, 2.75) is 31.6 Å². The quantitative estimate of drug-likeness (QED) is 0.347. The van der Waals surface area contributed by atoms with Crippen molar-refractivity contribution in [2.24, 2.45) is 7.05 Å². The summed E-state index contributed by atoms with van der Waals surface area (Å²) in [5, 5.41) is 3.00. The number of amides is 2. The monoisotopic (exact) mass is 537 g/mol. The minimum atomic E-state index is -0.264. The third-order valence-electron chi connectivity index (χ3n) is 7.57. The van der Waals surface area contributed by atoms with E-state index >= 15 is 0 Å². The third kappa shape index (κ3) is 6.54. The highest BCUT2D eigenvalue weighted by atomic mass is 19.1. The van der Waals surface area contributed by atoms with Crippen LogP contribution in [0.25, 0.3) is 0 Å². The molecule has 0 aliphatic carbocycles. The van der Waals surface area contributed by atoms with Crippen molar-refractivity contribution in [2.75, 3.05) is 18.4 Å². The van der Waals surface area contributed by atoms with Gasteiger partial charge in [0.05, 0.1) is 6.42 Å². The molecule has 1 aliphatic heterocycles. The minimum Gasteiger partial charge on any atom is -0.346 e. The van der Waals surface area contributed by atoms with Gasteiger partial charge in [-0.05, 0) is 71.7 Å². The van der Waals surface area contributed by atoms with Crippen molar-refractivity contribution in [1.29, 1.82) is 0 Å². The first kappa shape index (κ1) is 27.1. The summed E-state index contributed by atoms with van der Waals surface area (Å²) in [5.74, 6) is -0.149. The summed E-state index contributed by atoms with van der Waals surface area (Å²) in [7, 11) is 1.77. The van der Waals surface area contributed by atoms with E-state index in [1.807, 2.05) is 53.4 Å². The lowest BCUT2D eigenvalue weighted by molar-refractivity contribution is -0.115. The van der Waals surface area contributed by atoms with Crippen LogP contribution >= 0.6 is 0 Å². The largest absolute Gasteiger partial charge is 0.346 e. The van der Waals surface area contributed by atoms with E-state index in [1.165, 1.54) is 29.8 Å². The number of piperidine rings is 1. The van der Waals surface area contributed by atoms with Crippen LogP contribution in [0.1, 0.15) is 51.5 Å². The van der Waals surface area contributed by atoms with Crippen LogP contribution in [0.3, 0.4) is 0 Å². The Labute approximate surface area is 233 Å². The van der Waals surface area contributed by atoms with Gasteiger partial charge in [0, 0.05) is 44.2 Å². The van der Waals surface area contributed by atoms with Crippen molar-refractivity contribution in [3.05, 3.63) is 135 Å². The zero-order chi connectivity index (χ0) is 28.1. The van der Waals surface area contributed by atoms with E-state index in [1.54, 1.807) is 29.9 Å². The predicted octanol–water partition coefficient (Wildman–Crippen LogP) is 5.32. The summed E-state index contributed by atoms with van der Waals surface area (Å²) in [6.07, 6.45) is 4.17. The van der Waals surface area contributed by atoms with Crippen LogP contribution in [0.2, 0.25) is 0 Å². The number of likely N-dealkylation sites (tertiary alicyclic amines) is 1. The maximum atomic E-state index is 13.3. The van der Waals surface area contributed by atoms with Crippen LogP contribution < -0.4 is 10.7 Å². The average molecular weight is 538 g/mol. The molecule has 1 aliphatic rings. The average Bonchev–Trinajstić information content (AvgIpc) is 2.97. The number of benzene rings is 3. The Hall–Kier alpha value is -4.52. The van der Waals surface area contributed by atoms with Gasteiger partial charge in [-0.25, -0.2) is 4.39 Å². The van der Waals surface area contributed by atoms with E-state index in [0.29, 0.717) is 31.1 Å². The van der Waals surface area contributed by atoms with Gasteiger partial charge < -0.3 is 14.8 Å². The number of aryl methyl sites for hydroxylation is 1. The lowest BCUT2D eigenvalue weighted by Gasteiger charge is -2.32. The van der Waals surface area contributed by atoms with Crippen molar-refractivity contribution >= 4 is 17.5 Å². The van der Waals surface area contributed by atoms with Crippen molar-refractivity contribution in [3.63, 3.8) is 0 Å². The molecule has 2 heterocycles. The van der Waals surface area contributed by atoms with E-state index in [4.69, 9.17) is 0 Å². The van der Waals surface area contributed by atoms with E-state index in [-0.39, 0.29) is 29.5 Å². The molecule has 1 aromatic heterocycles. The summed E-state index contributed by atoms with van der Waals surface area (Å²) in [6, 6.07) is 25.0. The van der Waals surface area contributed by atoms with Crippen molar-refractivity contribution in [1.82, 2.24) is 9.47 Å². The molecule has 0 radical (unpaired) electrons. The highest BCUT2D eigenvalue weighted by Crippen LogP contribution is 2.29. The molecule has 0 atom stereocenters. The molecule has 40 heavy (non-hydrogen) atoms. The second kappa shape index (κ2) is 12.1. The number of nitrogens with one attached hydrogen (secondary N) is 1. The number of aromatic nitrogens is 1. The number of carbonyl (C=O) groups excluding carboxylic acids is 2. The number of rotatable bonds is 7. The highest BCUT2D eigenvalue weighted by Gasteiger charge is 2.25. The van der Waals surface area contributed by atoms with Gasteiger partial charge in [-0.2, -0.15) is 0 Å². The molecule has 1 fully saturated rings. The number of carbonyl (C=O) groups is 2. The van der Waals surface area contributed by atoms with Crippen molar-refractivity contribution in [3.8, 4) is 0 Å². The van der Waals surface area contributed by atoms with Crippen LogP contribution in [0.15, 0.2) is 95.9 Å². The molecule has 4 aromatic rings. The standard InChI is InChI=1S/C33H32FN3O3/c1-36-17-16-30(38)22-31(36)33(40)37-18-14-25(15-19-37)24-8-12-29(13-9-24)35-32(39)21-27-5-3-2-4-26(27)20-23-6-10-28(34)11-7-23/h2-13,16-17,22,25H,14-15,18-21H2,1H3,(H,35,39). The molecule has 5 rings (SSSR count). The molecule has 0 saturated carbocycles. The van der Waals surface area contributed by atoms with E-state index in [9.17, 15) is 18.8 Å². The van der Waals surface area contributed by atoms with Crippen LogP contribution in [0, 0.1) is 5.82 Å². The lowest BCUT2D eigenvalue weighted by Crippen LogP contribution is -2.39. The second-order valence-corrected chi connectivity index (χ2v) is 10.3. The molecule has 0 spiro atoms. The van der Waals surface area contributed by atoms with Crippen LogP contribution in [-0.2, 0) is 24.7 Å². The number of hydrogen-bond donors (Lipinski definition) is 1. The highest BCUT2D eigenvalue weighted by molar-refractivity contribution is 5.93. The van der Waals surface area contributed by atoms with Gasteiger partial charge in [-0.3, -0.25) is 14.4 Å². The van der Waals surface area contributed by atoms with E-state index in [0.717, 1.165) is 35.2 Å². The van der Waals surface area contributed by atoms with Crippen LogP contribution in [0.4, 0.5) is 10.1 Å². The first-order chi connectivity index (χ1) is 19.4. The Morgan fingerprint density at radius 3 is 2.27 bits per heavy atom. The van der Waals surface area contributed by atoms with Crippen LogP contribution in [-0.4, -0.2) is 34.4 Å². The van der Waals surface area contributed by atoms with Gasteiger partial charge in [0.2, 0.25) is 5.91 Å². The Bertz CT molecular complexity index is 1550. The Kier molecular flexibility index (Phi) is 8.20. The molecule has 0 bridgehead atoms. The second-order valence-electron chi connectivity index (χ2n) is 10.3. The van der Waals surface area contributed by atoms with Gasteiger partial charge in [0.25, 0.3) is 5.91 Å². The molecule has 7 heteroatoms. The molecule has 6 nitrogen and oxygen atoms in total. The number of halogens is 1. The summed E-state index contributed by atoms with van der Waals surface area (Å²) in [5.41, 5.74) is 5.13. The molecular formula is C33H32FN3O3. The lowest BCUT2D eigenvalue weighted by atomic mass is 9.89. The maximum Gasteiger partial charge on any atom is 0.270 e. The molecular weight excluding hydrogens is 505 g/mol. The predicted molar refractivity (Wildman–Crippen MR) is 154 cm³/mol. The van der Waals surface area contributed by atoms with Gasteiger partial charge in [-0.1, -0.05) is 48.5 Å². The zero-order valence-electron chi connectivity index (χ0n) is 22.5. The Morgan fingerprint density at radius 1 is 0.900 bits per heavy atom. The molecule has 1 N–H and O–H groups in total. The first-order valence-electron chi connectivity index (χ1n) is 13.5. The smallest absolute Gasteiger partial charge is 0.270 e.